The molecule has 0 saturated heterocycles. The van der Waals surface area contributed by atoms with E-state index in [-0.39, 0.29) is 18.0 Å². The molecular weight excluding hydrogens is 402 g/mol. The highest BCUT2D eigenvalue weighted by molar-refractivity contribution is 5.79. The number of aliphatic imine (C=N–C) groups is 1. The largest absolute Gasteiger partial charge is 0.490 e. The minimum atomic E-state index is -2.94. The summed E-state index contributed by atoms with van der Waals surface area (Å²) in [6.45, 7) is 3.44. The summed E-state index contributed by atoms with van der Waals surface area (Å²) < 4.78 is 36.0. The molecule has 0 saturated carbocycles. The van der Waals surface area contributed by atoms with Crippen molar-refractivity contribution in [3.05, 3.63) is 59.2 Å². The monoisotopic (exact) mass is 434 g/mol. The third kappa shape index (κ3) is 8.05. The van der Waals surface area contributed by atoms with Crippen molar-refractivity contribution in [1.29, 1.82) is 0 Å². The quantitative estimate of drug-likeness (QED) is 0.414. The number of rotatable bonds is 11. The molecule has 0 unspecified atom stereocenters. The van der Waals surface area contributed by atoms with Crippen molar-refractivity contribution in [3.63, 3.8) is 0 Å². The Balaban J connectivity index is 2.18. The first-order valence-corrected chi connectivity index (χ1v) is 10.4. The van der Waals surface area contributed by atoms with Gasteiger partial charge in [-0.05, 0) is 45.1 Å². The maximum atomic E-state index is 12.9. The number of nitrogens with one attached hydrogen (secondary N) is 2. The van der Waals surface area contributed by atoms with Gasteiger partial charge >= 0.3 is 6.61 Å². The molecule has 0 atom stereocenters. The third-order valence-corrected chi connectivity index (χ3v) is 4.37. The molecule has 8 heteroatoms. The number of para-hydroxylation sites is 1. The Morgan fingerprint density at radius 2 is 1.71 bits per heavy atom. The second kappa shape index (κ2) is 12.7. The van der Waals surface area contributed by atoms with Crippen molar-refractivity contribution in [2.24, 2.45) is 4.99 Å². The molecule has 170 valence electrons. The van der Waals surface area contributed by atoms with Gasteiger partial charge in [0.1, 0.15) is 0 Å². The van der Waals surface area contributed by atoms with Gasteiger partial charge in [-0.1, -0.05) is 36.4 Å². The van der Waals surface area contributed by atoms with Crippen molar-refractivity contribution >= 4 is 5.96 Å². The molecule has 0 aliphatic carbocycles. The standard InChI is InChI=1S/C23H32F2N4O2/c1-5-26-23(27-14-17-10-7-8-11-19(17)16-29(3)4)28-15-18-12-9-13-20(30-6-2)21(18)31-22(24)25/h7-13,22H,5-6,14-16H2,1-4H3,(H2,26,27,28). The molecule has 0 aromatic heterocycles. The molecule has 0 aliphatic rings. The fourth-order valence-electron chi connectivity index (χ4n) is 3.09. The van der Waals surface area contributed by atoms with E-state index in [0.29, 0.717) is 31.2 Å². The molecule has 2 aromatic carbocycles. The van der Waals surface area contributed by atoms with E-state index in [9.17, 15) is 8.78 Å². The molecular formula is C23H32F2N4O2. The molecule has 0 amide bonds. The van der Waals surface area contributed by atoms with Crippen LogP contribution in [0.1, 0.15) is 30.5 Å². The summed E-state index contributed by atoms with van der Waals surface area (Å²) in [5.74, 6) is 0.897. The van der Waals surface area contributed by atoms with Gasteiger partial charge in [0.05, 0.1) is 13.2 Å². The molecule has 0 heterocycles. The second-order valence-electron chi connectivity index (χ2n) is 7.11. The van der Waals surface area contributed by atoms with Crippen LogP contribution in [0.4, 0.5) is 8.78 Å². The summed E-state index contributed by atoms with van der Waals surface area (Å²) in [4.78, 5) is 6.68. The Morgan fingerprint density at radius 1 is 1.00 bits per heavy atom. The fourth-order valence-corrected chi connectivity index (χ4v) is 3.09. The molecule has 2 N–H and O–H groups in total. The lowest BCUT2D eigenvalue weighted by Gasteiger charge is -2.17. The molecule has 0 radical (unpaired) electrons. The normalized spacial score (nSPS) is 11.7. The van der Waals surface area contributed by atoms with E-state index in [1.54, 1.807) is 25.1 Å². The van der Waals surface area contributed by atoms with E-state index in [4.69, 9.17) is 9.47 Å². The zero-order valence-corrected chi connectivity index (χ0v) is 18.6. The highest BCUT2D eigenvalue weighted by Crippen LogP contribution is 2.33. The van der Waals surface area contributed by atoms with Gasteiger partial charge in [0.2, 0.25) is 0 Å². The minimum absolute atomic E-state index is 0.0234. The SMILES string of the molecule is CCNC(=NCc1cccc(OCC)c1OC(F)F)NCc1ccccc1CN(C)C. The van der Waals surface area contributed by atoms with Crippen molar-refractivity contribution in [2.45, 2.75) is 40.1 Å². The number of alkyl halides is 2. The molecule has 0 spiro atoms. The average Bonchev–Trinajstić information content (AvgIpc) is 2.72. The van der Waals surface area contributed by atoms with Crippen molar-refractivity contribution in [1.82, 2.24) is 15.5 Å². The van der Waals surface area contributed by atoms with Crippen LogP contribution in [0.25, 0.3) is 0 Å². The average molecular weight is 435 g/mol. The number of hydrogen-bond acceptors (Lipinski definition) is 4. The van der Waals surface area contributed by atoms with E-state index in [0.717, 1.165) is 6.54 Å². The van der Waals surface area contributed by atoms with Gasteiger partial charge < -0.3 is 25.0 Å². The van der Waals surface area contributed by atoms with Crippen molar-refractivity contribution in [2.75, 3.05) is 27.2 Å². The predicted molar refractivity (Wildman–Crippen MR) is 120 cm³/mol. The topological polar surface area (TPSA) is 58.1 Å². The second-order valence-corrected chi connectivity index (χ2v) is 7.11. The van der Waals surface area contributed by atoms with Gasteiger partial charge in [-0.3, -0.25) is 0 Å². The summed E-state index contributed by atoms with van der Waals surface area (Å²) >= 11 is 0. The Kier molecular flexibility index (Phi) is 10.0. The van der Waals surface area contributed by atoms with Crippen LogP contribution in [0.2, 0.25) is 0 Å². The lowest BCUT2D eigenvalue weighted by atomic mass is 10.1. The molecule has 6 nitrogen and oxygen atoms in total. The maximum absolute atomic E-state index is 12.9. The number of hydrogen-bond donors (Lipinski definition) is 2. The molecule has 0 bridgehead atoms. The van der Waals surface area contributed by atoms with Crippen LogP contribution < -0.4 is 20.1 Å². The Bertz CT molecular complexity index is 844. The highest BCUT2D eigenvalue weighted by Gasteiger charge is 2.15. The number of benzene rings is 2. The lowest BCUT2D eigenvalue weighted by molar-refractivity contribution is -0.0520. The summed E-state index contributed by atoms with van der Waals surface area (Å²) in [7, 11) is 4.07. The minimum Gasteiger partial charge on any atom is -0.490 e. The smallest absolute Gasteiger partial charge is 0.387 e. The Hall–Kier alpha value is -2.87. The summed E-state index contributed by atoms with van der Waals surface area (Å²) in [6.07, 6.45) is 0. The van der Waals surface area contributed by atoms with Gasteiger partial charge in [0.25, 0.3) is 0 Å². The van der Waals surface area contributed by atoms with Crippen molar-refractivity contribution < 1.29 is 18.3 Å². The van der Waals surface area contributed by atoms with E-state index in [1.165, 1.54) is 11.1 Å². The van der Waals surface area contributed by atoms with Crippen LogP contribution in [0.3, 0.4) is 0 Å². The maximum Gasteiger partial charge on any atom is 0.387 e. The molecule has 0 fully saturated rings. The van der Waals surface area contributed by atoms with Crippen LogP contribution in [0.15, 0.2) is 47.5 Å². The number of guanidine groups is 1. The zero-order chi connectivity index (χ0) is 22.6. The third-order valence-electron chi connectivity index (χ3n) is 4.37. The summed E-state index contributed by atoms with van der Waals surface area (Å²) in [6, 6.07) is 13.3. The number of ether oxygens (including phenoxy) is 2. The van der Waals surface area contributed by atoms with E-state index in [1.807, 2.05) is 33.2 Å². The van der Waals surface area contributed by atoms with Crippen molar-refractivity contribution in [3.8, 4) is 11.5 Å². The molecule has 0 aliphatic heterocycles. The van der Waals surface area contributed by atoms with Gasteiger partial charge in [-0.25, -0.2) is 4.99 Å². The predicted octanol–water partition coefficient (Wildman–Crippen LogP) is 4.00. The van der Waals surface area contributed by atoms with Crippen LogP contribution >= 0.6 is 0 Å². The van der Waals surface area contributed by atoms with Crippen LogP contribution in [0, 0.1) is 0 Å². The highest BCUT2D eigenvalue weighted by atomic mass is 19.3. The van der Waals surface area contributed by atoms with Gasteiger partial charge in [-0.15, -0.1) is 0 Å². The molecule has 2 rings (SSSR count). The molecule has 31 heavy (non-hydrogen) atoms. The Labute approximate surface area is 183 Å². The van der Waals surface area contributed by atoms with Gasteiger partial charge in [0.15, 0.2) is 17.5 Å². The first-order valence-electron chi connectivity index (χ1n) is 10.4. The van der Waals surface area contributed by atoms with Crippen LogP contribution in [-0.4, -0.2) is 44.7 Å². The van der Waals surface area contributed by atoms with Crippen LogP contribution in [0.5, 0.6) is 11.5 Å². The molecule has 2 aromatic rings. The number of halogens is 2. The van der Waals surface area contributed by atoms with E-state index >= 15 is 0 Å². The summed E-state index contributed by atoms with van der Waals surface area (Å²) in [5.41, 5.74) is 2.92. The van der Waals surface area contributed by atoms with E-state index in [2.05, 4.69) is 32.7 Å². The first-order chi connectivity index (χ1) is 14.9. The van der Waals surface area contributed by atoms with Gasteiger partial charge in [-0.2, -0.15) is 8.78 Å². The fraction of sp³-hybridized carbons (Fsp3) is 0.435. The zero-order valence-electron chi connectivity index (χ0n) is 18.6. The number of nitrogens with zero attached hydrogens (tertiary/aromatic N) is 2. The summed E-state index contributed by atoms with van der Waals surface area (Å²) in [5, 5.41) is 6.51. The lowest BCUT2D eigenvalue weighted by Crippen LogP contribution is -2.37. The van der Waals surface area contributed by atoms with Crippen LogP contribution in [-0.2, 0) is 19.6 Å². The Morgan fingerprint density at radius 3 is 2.35 bits per heavy atom. The van der Waals surface area contributed by atoms with E-state index < -0.39 is 6.61 Å². The van der Waals surface area contributed by atoms with Gasteiger partial charge in [0, 0.05) is 25.2 Å². The first kappa shape index (κ1) is 24.4.